The fourth-order valence-corrected chi connectivity index (χ4v) is 3.09. The lowest BCUT2D eigenvalue weighted by Crippen LogP contribution is -2.28. The lowest BCUT2D eigenvalue weighted by Gasteiger charge is -2.25. The fraction of sp³-hybridized carbons (Fsp3) is 0.938. The molecular formula is C32H72O4. The molecule has 0 aliphatic heterocycles. The van der Waals surface area contributed by atoms with E-state index in [0.717, 1.165) is 25.7 Å². The first kappa shape index (κ1) is 48.1. The molecule has 2 unspecified atom stereocenters. The Morgan fingerprint density at radius 3 is 1.39 bits per heavy atom. The average molecular weight is 521 g/mol. The zero-order chi connectivity index (χ0) is 25.6. The van der Waals surface area contributed by atoms with Crippen molar-refractivity contribution in [3.63, 3.8) is 0 Å². The van der Waals surface area contributed by atoms with E-state index >= 15 is 0 Å². The van der Waals surface area contributed by atoms with E-state index < -0.39 is 0 Å². The monoisotopic (exact) mass is 521 g/mol. The van der Waals surface area contributed by atoms with Crippen molar-refractivity contribution in [3.05, 3.63) is 0 Å². The molecule has 0 aromatic rings. The molecule has 0 bridgehead atoms. The second-order valence-corrected chi connectivity index (χ2v) is 12.0. The predicted molar refractivity (Wildman–Crippen MR) is 164 cm³/mol. The first-order chi connectivity index (χ1) is 14.6. The summed E-state index contributed by atoms with van der Waals surface area (Å²) in [5, 5.41) is 0. The number of rotatable bonds is 13. The molecule has 0 aromatic heterocycles. The lowest BCUT2D eigenvalue weighted by atomic mass is 9.86. The van der Waals surface area contributed by atoms with E-state index in [9.17, 15) is 9.59 Å². The number of hydrogen-bond donors (Lipinski definition) is 0. The third-order valence-electron chi connectivity index (χ3n) is 6.33. The summed E-state index contributed by atoms with van der Waals surface area (Å²) in [5.41, 5.74) is -0.378. The molecule has 0 saturated carbocycles. The van der Waals surface area contributed by atoms with Crippen LogP contribution in [0.25, 0.3) is 0 Å². The minimum absolute atomic E-state index is 0. The molecule has 224 valence electrons. The largest absolute Gasteiger partial charge is 0.465 e. The second-order valence-electron chi connectivity index (χ2n) is 12.0. The Hall–Kier alpha value is -1.06. The highest BCUT2D eigenvalue weighted by atomic mass is 16.5. The number of hydrogen-bond acceptors (Lipinski definition) is 4. The van der Waals surface area contributed by atoms with Crippen LogP contribution in [0.15, 0.2) is 0 Å². The second kappa shape index (κ2) is 23.1. The van der Waals surface area contributed by atoms with Crippen LogP contribution in [0.5, 0.6) is 0 Å². The van der Waals surface area contributed by atoms with Crippen LogP contribution in [0.2, 0.25) is 0 Å². The van der Waals surface area contributed by atoms with Crippen LogP contribution in [-0.4, -0.2) is 25.2 Å². The third kappa shape index (κ3) is 23.3. The summed E-state index contributed by atoms with van der Waals surface area (Å²) in [6.07, 6.45) is 7.44. The van der Waals surface area contributed by atoms with E-state index in [4.69, 9.17) is 9.47 Å². The number of ether oxygens (including phenoxy) is 2. The standard InChI is InChI=1S/2C14H28O2.4CH4/c1-8-14(6,7)12(15)16-10-11(2)9-13(3,4)5;1-6-9-10-12(7-2)11-16-13(15)14(4,5)8-3;;;;/h11H,8-10H2,1-7H3;12H,6-11H2,1-5H3;4*1H4. The predicted octanol–water partition coefficient (Wildman–Crippen LogP) is 10.8. The summed E-state index contributed by atoms with van der Waals surface area (Å²) in [6, 6.07) is 0. The van der Waals surface area contributed by atoms with Crippen molar-refractivity contribution in [2.45, 2.75) is 158 Å². The molecule has 0 radical (unpaired) electrons. The topological polar surface area (TPSA) is 52.6 Å². The Bertz CT molecular complexity index is 515. The molecule has 0 heterocycles. The zero-order valence-electron chi connectivity index (χ0n) is 23.7. The number of carbonyl (C=O) groups excluding carboxylic acids is 2. The van der Waals surface area contributed by atoms with Gasteiger partial charge in [-0.25, -0.2) is 0 Å². The van der Waals surface area contributed by atoms with E-state index in [1.54, 1.807) is 0 Å². The average Bonchev–Trinajstić information content (AvgIpc) is 2.70. The van der Waals surface area contributed by atoms with Gasteiger partial charge in [-0.15, -0.1) is 0 Å². The van der Waals surface area contributed by atoms with E-state index in [1.165, 1.54) is 19.3 Å². The molecule has 0 fully saturated rings. The minimum atomic E-state index is -0.346. The van der Waals surface area contributed by atoms with Crippen LogP contribution in [0.4, 0.5) is 0 Å². The molecule has 0 aliphatic carbocycles. The highest BCUT2D eigenvalue weighted by Crippen LogP contribution is 2.26. The Morgan fingerprint density at radius 1 is 0.694 bits per heavy atom. The Labute approximate surface area is 230 Å². The van der Waals surface area contributed by atoms with Gasteiger partial charge in [-0.2, -0.15) is 0 Å². The van der Waals surface area contributed by atoms with E-state index in [2.05, 4.69) is 41.5 Å². The Morgan fingerprint density at radius 2 is 1.08 bits per heavy atom. The van der Waals surface area contributed by atoms with Gasteiger partial charge in [-0.3, -0.25) is 9.59 Å². The number of carbonyl (C=O) groups is 2. The van der Waals surface area contributed by atoms with Gasteiger partial charge in [-0.05, 0) is 70.6 Å². The van der Waals surface area contributed by atoms with Crippen LogP contribution < -0.4 is 0 Å². The van der Waals surface area contributed by atoms with Crippen LogP contribution in [0.1, 0.15) is 158 Å². The van der Waals surface area contributed by atoms with E-state index in [0.29, 0.717) is 30.5 Å². The van der Waals surface area contributed by atoms with Crippen LogP contribution in [0.3, 0.4) is 0 Å². The van der Waals surface area contributed by atoms with Gasteiger partial charge in [-0.1, -0.05) is 104 Å². The summed E-state index contributed by atoms with van der Waals surface area (Å²) in [4.78, 5) is 23.5. The number of unbranched alkanes of at least 4 members (excludes halogenated alkanes) is 1. The van der Waals surface area contributed by atoms with Crippen molar-refractivity contribution >= 4 is 11.9 Å². The van der Waals surface area contributed by atoms with Gasteiger partial charge in [0.15, 0.2) is 0 Å². The summed E-state index contributed by atoms with van der Waals surface area (Å²) in [7, 11) is 0. The molecule has 0 aliphatic rings. The van der Waals surface area contributed by atoms with E-state index in [-0.39, 0.29) is 52.5 Å². The van der Waals surface area contributed by atoms with Gasteiger partial charge in [0.1, 0.15) is 0 Å². The van der Waals surface area contributed by atoms with Crippen LogP contribution in [-0.2, 0) is 19.1 Å². The maximum Gasteiger partial charge on any atom is 0.311 e. The van der Waals surface area contributed by atoms with Gasteiger partial charge in [0.2, 0.25) is 0 Å². The van der Waals surface area contributed by atoms with Crippen molar-refractivity contribution in [2.24, 2.45) is 28.1 Å². The molecule has 4 heteroatoms. The highest BCUT2D eigenvalue weighted by molar-refractivity contribution is 5.76. The van der Waals surface area contributed by atoms with Crippen molar-refractivity contribution in [1.82, 2.24) is 0 Å². The first-order valence-corrected chi connectivity index (χ1v) is 12.9. The third-order valence-corrected chi connectivity index (χ3v) is 6.33. The molecular weight excluding hydrogens is 448 g/mol. The van der Waals surface area contributed by atoms with Crippen LogP contribution >= 0.6 is 0 Å². The maximum atomic E-state index is 11.8. The molecule has 0 spiro atoms. The van der Waals surface area contributed by atoms with E-state index in [1.807, 2.05) is 41.5 Å². The summed E-state index contributed by atoms with van der Waals surface area (Å²) >= 11 is 0. The Kier molecular flexibility index (Phi) is 30.8. The van der Waals surface area contributed by atoms with Crippen molar-refractivity contribution in [1.29, 1.82) is 0 Å². The van der Waals surface area contributed by atoms with Crippen molar-refractivity contribution in [2.75, 3.05) is 13.2 Å². The molecule has 0 N–H and O–H groups in total. The van der Waals surface area contributed by atoms with Crippen molar-refractivity contribution in [3.8, 4) is 0 Å². The molecule has 2 atom stereocenters. The lowest BCUT2D eigenvalue weighted by molar-refractivity contribution is -0.156. The normalized spacial score (nSPS) is 12.6. The summed E-state index contributed by atoms with van der Waals surface area (Å²) in [6.45, 7) is 26.1. The molecule has 0 amide bonds. The highest BCUT2D eigenvalue weighted by Gasteiger charge is 2.28. The molecule has 0 rings (SSSR count). The van der Waals surface area contributed by atoms with Crippen LogP contribution in [0, 0.1) is 28.1 Å². The minimum Gasteiger partial charge on any atom is -0.465 e. The molecule has 4 nitrogen and oxygen atoms in total. The van der Waals surface area contributed by atoms with Gasteiger partial charge < -0.3 is 9.47 Å². The summed E-state index contributed by atoms with van der Waals surface area (Å²) < 4.78 is 10.8. The van der Waals surface area contributed by atoms with Gasteiger partial charge in [0.25, 0.3) is 0 Å². The van der Waals surface area contributed by atoms with Gasteiger partial charge in [0, 0.05) is 0 Å². The molecule has 0 aromatic carbocycles. The number of esters is 2. The van der Waals surface area contributed by atoms with Gasteiger partial charge in [0.05, 0.1) is 24.0 Å². The summed E-state index contributed by atoms with van der Waals surface area (Å²) in [5.74, 6) is 0.842. The first-order valence-electron chi connectivity index (χ1n) is 12.9. The SMILES string of the molecule is C.C.C.C.CCC(C)(C)C(=O)OCC(C)CC(C)(C)C.CCCCC(CC)COC(=O)C(C)(C)CC. The zero-order valence-corrected chi connectivity index (χ0v) is 23.7. The fourth-order valence-electron chi connectivity index (χ4n) is 3.09. The Balaban J connectivity index is -0.000000112. The molecule has 36 heavy (non-hydrogen) atoms. The molecule has 0 saturated heterocycles. The smallest absolute Gasteiger partial charge is 0.311 e. The van der Waals surface area contributed by atoms with Gasteiger partial charge >= 0.3 is 11.9 Å². The van der Waals surface area contributed by atoms with Crippen molar-refractivity contribution < 1.29 is 19.1 Å². The maximum absolute atomic E-state index is 11.8. The quantitative estimate of drug-likeness (QED) is 0.227.